The van der Waals surface area contributed by atoms with Crippen LogP contribution in [0.25, 0.3) is 0 Å². The van der Waals surface area contributed by atoms with Crippen molar-refractivity contribution in [3.63, 3.8) is 0 Å². The number of aryl methyl sites for hydroxylation is 1. The molecule has 1 aliphatic rings. The van der Waals surface area contributed by atoms with Crippen LogP contribution in [0.4, 0.5) is 0 Å². The molecule has 2 unspecified atom stereocenters. The number of rotatable bonds is 16. The maximum atomic E-state index is 12.3. The van der Waals surface area contributed by atoms with Crippen LogP contribution in [0, 0.1) is 0 Å². The number of allylic oxidation sites excluding steroid dienone is 2. The fraction of sp³-hybridized carbons (Fsp3) is 0.630. The standard InChI is InChI=1S/C27H41NO4/c1-2-23(20-29)28-27(32)13-9-4-3-8-12-25-22(16-19-26(25)31)15-18-24(30)17-14-21-10-6-5-7-11-21/h5-7,10-11,23-24,29-30H,2-4,8-9,12-20H2,1H3,(H,28,32). The van der Waals surface area contributed by atoms with E-state index in [1.807, 2.05) is 25.1 Å². The summed E-state index contributed by atoms with van der Waals surface area (Å²) in [6.07, 6.45) is 10.1. The topological polar surface area (TPSA) is 86.6 Å². The van der Waals surface area contributed by atoms with Crippen LogP contribution in [0.1, 0.15) is 89.5 Å². The Kier molecular flexibility index (Phi) is 12.3. The summed E-state index contributed by atoms with van der Waals surface area (Å²) < 4.78 is 0. The van der Waals surface area contributed by atoms with Gasteiger partial charge in [-0.3, -0.25) is 9.59 Å². The number of carbonyl (C=O) groups is 2. The number of aliphatic hydroxyl groups excluding tert-OH is 2. The highest BCUT2D eigenvalue weighted by atomic mass is 16.3. The Hall–Kier alpha value is -1.98. The summed E-state index contributed by atoms with van der Waals surface area (Å²) in [6, 6.07) is 10.1. The van der Waals surface area contributed by atoms with Gasteiger partial charge in [0, 0.05) is 12.8 Å². The number of benzene rings is 1. The predicted molar refractivity (Wildman–Crippen MR) is 128 cm³/mol. The van der Waals surface area contributed by atoms with E-state index in [0.717, 1.165) is 76.2 Å². The molecule has 0 aromatic heterocycles. The molecule has 0 bridgehead atoms. The normalized spacial score (nSPS) is 15.8. The molecule has 1 aliphatic carbocycles. The molecule has 1 amide bonds. The second-order valence-electron chi connectivity index (χ2n) is 8.99. The first-order chi connectivity index (χ1) is 15.5. The van der Waals surface area contributed by atoms with Crippen LogP contribution in [-0.4, -0.2) is 40.7 Å². The molecular formula is C27H41NO4. The maximum Gasteiger partial charge on any atom is 0.220 e. The zero-order valence-electron chi connectivity index (χ0n) is 19.7. The highest BCUT2D eigenvalue weighted by molar-refractivity contribution is 5.98. The Labute approximate surface area is 193 Å². The molecule has 0 heterocycles. The van der Waals surface area contributed by atoms with Gasteiger partial charge >= 0.3 is 0 Å². The number of Topliss-reactive ketones (excluding diaryl/α,β-unsaturated/α-hetero) is 1. The van der Waals surface area contributed by atoms with Crippen molar-refractivity contribution in [1.29, 1.82) is 0 Å². The van der Waals surface area contributed by atoms with Crippen LogP contribution in [0.5, 0.6) is 0 Å². The Balaban J connectivity index is 1.64. The van der Waals surface area contributed by atoms with Crippen molar-refractivity contribution in [2.24, 2.45) is 0 Å². The molecule has 2 atom stereocenters. The number of ketones is 1. The average molecular weight is 444 g/mol. The van der Waals surface area contributed by atoms with E-state index in [1.165, 1.54) is 11.1 Å². The number of hydrogen-bond acceptors (Lipinski definition) is 4. The van der Waals surface area contributed by atoms with Crippen LogP contribution in [-0.2, 0) is 16.0 Å². The SMILES string of the molecule is CCC(CO)NC(=O)CCCCCCC1=C(CCC(O)CCc2ccccc2)CCC1=O. The largest absolute Gasteiger partial charge is 0.394 e. The van der Waals surface area contributed by atoms with Crippen molar-refractivity contribution in [2.45, 2.75) is 103 Å². The van der Waals surface area contributed by atoms with E-state index in [-0.39, 0.29) is 30.4 Å². The van der Waals surface area contributed by atoms with E-state index in [4.69, 9.17) is 5.11 Å². The minimum absolute atomic E-state index is 0.00712. The molecule has 0 saturated heterocycles. The molecule has 5 heteroatoms. The van der Waals surface area contributed by atoms with Crippen molar-refractivity contribution >= 4 is 11.7 Å². The zero-order valence-corrected chi connectivity index (χ0v) is 19.7. The van der Waals surface area contributed by atoms with Gasteiger partial charge in [-0.25, -0.2) is 0 Å². The van der Waals surface area contributed by atoms with Crippen LogP contribution < -0.4 is 5.32 Å². The first kappa shape index (κ1) is 26.3. The van der Waals surface area contributed by atoms with Crippen molar-refractivity contribution in [1.82, 2.24) is 5.32 Å². The molecule has 3 N–H and O–H groups in total. The van der Waals surface area contributed by atoms with Crippen molar-refractivity contribution in [2.75, 3.05) is 6.61 Å². The smallest absolute Gasteiger partial charge is 0.220 e. The fourth-order valence-corrected chi connectivity index (χ4v) is 4.34. The number of nitrogens with one attached hydrogen (secondary N) is 1. The lowest BCUT2D eigenvalue weighted by Crippen LogP contribution is -2.36. The summed E-state index contributed by atoms with van der Waals surface area (Å²) in [4.78, 5) is 24.2. The minimum atomic E-state index is -0.330. The second kappa shape index (κ2) is 15.0. The molecule has 2 rings (SSSR count). The summed E-state index contributed by atoms with van der Waals surface area (Å²) in [5.41, 5.74) is 3.51. The molecule has 0 radical (unpaired) electrons. The molecule has 0 spiro atoms. The van der Waals surface area contributed by atoms with E-state index in [0.29, 0.717) is 12.8 Å². The molecule has 0 saturated carbocycles. The summed E-state index contributed by atoms with van der Waals surface area (Å²) in [5, 5.41) is 22.4. The third kappa shape index (κ3) is 9.66. The van der Waals surface area contributed by atoms with Gasteiger partial charge in [-0.2, -0.15) is 0 Å². The van der Waals surface area contributed by atoms with Crippen LogP contribution in [0.15, 0.2) is 41.5 Å². The van der Waals surface area contributed by atoms with Crippen LogP contribution in [0.3, 0.4) is 0 Å². The number of aliphatic hydroxyl groups is 2. The summed E-state index contributed by atoms with van der Waals surface area (Å²) >= 11 is 0. The van der Waals surface area contributed by atoms with Gasteiger partial charge in [-0.1, -0.05) is 55.7 Å². The molecule has 0 aliphatic heterocycles. The third-order valence-corrected chi connectivity index (χ3v) is 6.46. The number of amides is 1. The van der Waals surface area contributed by atoms with Crippen molar-refractivity contribution < 1.29 is 19.8 Å². The summed E-state index contributed by atoms with van der Waals surface area (Å²) in [6.45, 7) is 1.93. The average Bonchev–Trinajstić information content (AvgIpc) is 3.16. The Morgan fingerprint density at radius 3 is 2.44 bits per heavy atom. The number of hydrogen-bond donors (Lipinski definition) is 3. The number of carbonyl (C=O) groups excluding carboxylic acids is 2. The quantitative estimate of drug-likeness (QED) is 0.325. The monoisotopic (exact) mass is 443 g/mol. The van der Waals surface area contributed by atoms with E-state index < -0.39 is 0 Å². The fourth-order valence-electron chi connectivity index (χ4n) is 4.34. The molecular weight excluding hydrogens is 402 g/mol. The lowest BCUT2D eigenvalue weighted by Gasteiger charge is -2.13. The van der Waals surface area contributed by atoms with Gasteiger partial charge in [0.1, 0.15) is 0 Å². The molecule has 32 heavy (non-hydrogen) atoms. The zero-order chi connectivity index (χ0) is 23.2. The van der Waals surface area contributed by atoms with Crippen LogP contribution in [0.2, 0.25) is 0 Å². The summed E-state index contributed by atoms with van der Waals surface area (Å²) in [7, 11) is 0. The Morgan fingerprint density at radius 1 is 1.00 bits per heavy atom. The van der Waals surface area contributed by atoms with Gasteiger partial charge in [0.2, 0.25) is 5.91 Å². The van der Waals surface area contributed by atoms with Gasteiger partial charge in [0.25, 0.3) is 0 Å². The Bertz CT molecular complexity index is 724. The van der Waals surface area contributed by atoms with E-state index >= 15 is 0 Å². The molecule has 5 nitrogen and oxygen atoms in total. The first-order valence-corrected chi connectivity index (χ1v) is 12.4. The third-order valence-electron chi connectivity index (χ3n) is 6.46. The van der Waals surface area contributed by atoms with Gasteiger partial charge in [0.15, 0.2) is 5.78 Å². The predicted octanol–water partition coefficient (Wildman–Crippen LogP) is 4.65. The van der Waals surface area contributed by atoms with Gasteiger partial charge in [-0.15, -0.1) is 0 Å². The highest BCUT2D eigenvalue weighted by Gasteiger charge is 2.22. The Morgan fingerprint density at radius 2 is 1.72 bits per heavy atom. The van der Waals surface area contributed by atoms with Gasteiger partial charge in [-0.05, 0) is 68.9 Å². The van der Waals surface area contributed by atoms with Gasteiger partial charge in [0.05, 0.1) is 18.8 Å². The second-order valence-corrected chi connectivity index (χ2v) is 8.99. The maximum absolute atomic E-state index is 12.3. The lowest BCUT2D eigenvalue weighted by molar-refractivity contribution is -0.122. The van der Waals surface area contributed by atoms with E-state index in [9.17, 15) is 14.7 Å². The van der Waals surface area contributed by atoms with Crippen LogP contribution >= 0.6 is 0 Å². The summed E-state index contributed by atoms with van der Waals surface area (Å²) in [5.74, 6) is 0.292. The van der Waals surface area contributed by atoms with Gasteiger partial charge < -0.3 is 15.5 Å². The molecule has 1 aromatic carbocycles. The lowest BCUT2D eigenvalue weighted by atomic mass is 9.97. The first-order valence-electron chi connectivity index (χ1n) is 12.4. The van der Waals surface area contributed by atoms with E-state index in [2.05, 4.69) is 17.4 Å². The molecule has 178 valence electrons. The number of unbranched alkanes of at least 4 members (excludes halogenated alkanes) is 3. The van der Waals surface area contributed by atoms with Crippen molar-refractivity contribution in [3.05, 3.63) is 47.0 Å². The highest BCUT2D eigenvalue weighted by Crippen LogP contribution is 2.31. The minimum Gasteiger partial charge on any atom is -0.394 e. The molecule has 0 fully saturated rings. The van der Waals surface area contributed by atoms with E-state index in [1.54, 1.807) is 0 Å². The molecule has 1 aromatic rings. The van der Waals surface area contributed by atoms with Crippen molar-refractivity contribution in [3.8, 4) is 0 Å².